The summed E-state index contributed by atoms with van der Waals surface area (Å²) in [5.74, 6) is -0.296. The molecule has 0 radical (unpaired) electrons. The van der Waals surface area contributed by atoms with E-state index in [0.717, 1.165) is 11.1 Å². The maximum Gasteiger partial charge on any atom is 0.265 e. The van der Waals surface area contributed by atoms with Gasteiger partial charge in [0, 0.05) is 19.8 Å². The van der Waals surface area contributed by atoms with Gasteiger partial charge in [0.1, 0.15) is 16.7 Å². The van der Waals surface area contributed by atoms with Gasteiger partial charge < -0.3 is 9.30 Å². The number of fused-ring (bicyclic) bond motifs is 4. The van der Waals surface area contributed by atoms with Crippen molar-refractivity contribution in [1.29, 1.82) is 0 Å². The molecule has 0 amide bonds. The van der Waals surface area contributed by atoms with Crippen LogP contribution < -0.4 is 5.56 Å². The van der Waals surface area contributed by atoms with E-state index in [1.165, 1.54) is 12.1 Å². The molecule has 2 aromatic carbocycles. The van der Waals surface area contributed by atoms with Crippen LogP contribution in [0.2, 0.25) is 0 Å². The summed E-state index contributed by atoms with van der Waals surface area (Å²) in [6, 6.07) is 13.8. The fourth-order valence-electron chi connectivity index (χ4n) is 3.90. The summed E-state index contributed by atoms with van der Waals surface area (Å²) >= 11 is 0. The molecule has 0 aliphatic rings. The number of benzene rings is 2. The minimum atomic E-state index is -0.296. The molecule has 162 valence electrons. The Morgan fingerprint density at radius 3 is 2.50 bits per heavy atom. The number of aryl methyl sites for hydroxylation is 1. The van der Waals surface area contributed by atoms with Crippen molar-refractivity contribution in [3.8, 4) is 0 Å². The molecule has 5 aromatic rings. The number of rotatable bonds is 7. The zero-order valence-corrected chi connectivity index (χ0v) is 17.7. The lowest BCUT2D eigenvalue weighted by molar-refractivity contribution is 0.141. The molecule has 0 atom stereocenters. The average Bonchev–Trinajstić information content (AvgIpc) is 3.11. The normalized spacial score (nSPS) is 11.7. The quantitative estimate of drug-likeness (QED) is 0.365. The largest absolute Gasteiger partial charge is 0.382 e. The zero-order chi connectivity index (χ0) is 22.1. The highest BCUT2D eigenvalue weighted by atomic mass is 19.1. The van der Waals surface area contributed by atoms with Crippen molar-refractivity contribution in [2.24, 2.45) is 0 Å². The van der Waals surface area contributed by atoms with Gasteiger partial charge in [-0.05, 0) is 43.2 Å². The summed E-state index contributed by atoms with van der Waals surface area (Å²) in [6.07, 6.45) is 2.28. The minimum Gasteiger partial charge on any atom is -0.382 e. The van der Waals surface area contributed by atoms with E-state index in [9.17, 15) is 9.18 Å². The van der Waals surface area contributed by atoms with Crippen LogP contribution in [0.1, 0.15) is 18.9 Å². The molecule has 3 heterocycles. The summed E-state index contributed by atoms with van der Waals surface area (Å²) < 4.78 is 22.3. The predicted octanol–water partition coefficient (Wildman–Crippen LogP) is 3.91. The van der Waals surface area contributed by atoms with E-state index in [-0.39, 0.29) is 11.4 Å². The van der Waals surface area contributed by atoms with Crippen LogP contribution in [0, 0.1) is 5.82 Å². The standard InChI is InChI=1S/C24H22FN5O2/c1-2-32-13-5-12-29-15-26-22-20(24(29)31)21-23(28-19-7-4-3-6-18(19)27-21)30(22)14-16-8-10-17(25)11-9-16/h3-4,6-11,15H,2,5,12-14H2,1H3. The molecule has 0 saturated heterocycles. The maximum atomic E-state index is 13.4. The molecule has 5 rings (SSSR count). The van der Waals surface area contributed by atoms with Gasteiger partial charge in [-0.25, -0.2) is 19.3 Å². The molecule has 32 heavy (non-hydrogen) atoms. The van der Waals surface area contributed by atoms with E-state index in [4.69, 9.17) is 14.7 Å². The smallest absolute Gasteiger partial charge is 0.265 e. The molecule has 0 unspecified atom stereocenters. The third-order valence-electron chi connectivity index (χ3n) is 5.46. The third-order valence-corrected chi connectivity index (χ3v) is 5.46. The first kappa shape index (κ1) is 20.3. The number of halogens is 1. The van der Waals surface area contributed by atoms with Gasteiger partial charge in [0.25, 0.3) is 5.56 Å². The second-order valence-corrected chi connectivity index (χ2v) is 7.59. The Hall–Kier alpha value is -3.65. The molecule has 7 nitrogen and oxygen atoms in total. The van der Waals surface area contributed by atoms with Crippen molar-refractivity contribution in [3.05, 3.63) is 76.6 Å². The van der Waals surface area contributed by atoms with E-state index in [0.29, 0.717) is 60.4 Å². The van der Waals surface area contributed by atoms with Crippen LogP contribution in [-0.2, 0) is 17.8 Å². The van der Waals surface area contributed by atoms with Crippen LogP contribution in [0.15, 0.2) is 59.7 Å². The number of para-hydroxylation sites is 2. The number of hydrogen-bond acceptors (Lipinski definition) is 5. The monoisotopic (exact) mass is 431 g/mol. The lowest BCUT2D eigenvalue weighted by atomic mass is 10.2. The molecule has 0 saturated carbocycles. The van der Waals surface area contributed by atoms with Gasteiger partial charge in [-0.3, -0.25) is 9.36 Å². The second kappa shape index (κ2) is 8.47. The molecule has 0 aliphatic carbocycles. The molecule has 3 aromatic heterocycles. The zero-order valence-electron chi connectivity index (χ0n) is 17.7. The first-order valence-electron chi connectivity index (χ1n) is 10.6. The fourth-order valence-corrected chi connectivity index (χ4v) is 3.90. The van der Waals surface area contributed by atoms with Crippen LogP contribution >= 0.6 is 0 Å². The van der Waals surface area contributed by atoms with Gasteiger partial charge in [-0.1, -0.05) is 24.3 Å². The maximum absolute atomic E-state index is 13.4. The van der Waals surface area contributed by atoms with Crippen LogP contribution in [0.25, 0.3) is 33.2 Å². The van der Waals surface area contributed by atoms with Crippen molar-refractivity contribution in [2.75, 3.05) is 13.2 Å². The van der Waals surface area contributed by atoms with Crippen molar-refractivity contribution in [2.45, 2.75) is 26.4 Å². The van der Waals surface area contributed by atoms with Gasteiger partial charge in [0.2, 0.25) is 0 Å². The van der Waals surface area contributed by atoms with Crippen LogP contribution in [-0.4, -0.2) is 37.3 Å². The Balaban J connectivity index is 1.71. The van der Waals surface area contributed by atoms with Crippen molar-refractivity contribution >= 4 is 33.2 Å². The van der Waals surface area contributed by atoms with E-state index in [1.54, 1.807) is 23.0 Å². The van der Waals surface area contributed by atoms with Crippen LogP contribution in [0.3, 0.4) is 0 Å². The topological polar surface area (TPSA) is 74.8 Å². The molecule has 0 fully saturated rings. The van der Waals surface area contributed by atoms with Crippen molar-refractivity contribution in [3.63, 3.8) is 0 Å². The lowest BCUT2D eigenvalue weighted by Gasteiger charge is -2.08. The lowest BCUT2D eigenvalue weighted by Crippen LogP contribution is -2.21. The molecule has 0 bridgehead atoms. The molecule has 0 N–H and O–H groups in total. The van der Waals surface area contributed by atoms with E-state index >= 15 is 0 Å². The van der Waals surface area contributed by atoms with Gasteiger partial charge in [-0.15, -0.1) is 0 Å². The number of ether oxygens (including phenoxy) is 1. The summed E-state index contributed by atoms with van der Waals surface area (Å²) in [7, 11) is 0. The summed E-state index contributed by atoms with van der Waals surface area (Å²) in [5, 5.41) is 0.444. The van der Waals surface area contributed by atoms with Crippen molar-refractivity contribution < 1.29 is 9.13 Å². The summed E-state index contributed by atoms with van der Waals surface area (Å²) in [6.45, 7) is 4.07. The SMILES string of the molecule is CCOCCCn1cnc2c(c1=O)c1nc3ccccc3nc1n2Cc1ccc(F)cc1. The van der Waals surface area contributed by atoms with E-state index in [1.807, 2.05) is 35.8 Å². The average molecular weight is 431 g/mol. The van der Waals surface area contributed by atoms with Gasteiger partial charge in [-0.2, -0.15) is 0 Å². The highest BCUT2D eigenvalue weighted by molar-refractivity contribution is 6.04. The molecule has 0 spiro atoms. The summed E-state index contributed by atoms with van der Waals surface area (Å²) in [5.41, 5.74) is 3.80. The highest BCUT2D eigenvalue weighted by Gasteiger charge is 2.20. The highest BCUT2D eigenvalue weighted by Crippen LogP contribution is 2.26. The van der Waals surface area contributed by atoms with Crippen molar-refractivity contribution in [1.82, 2.24) is 24.1 Å². The molecule has 0 aliphatic heterocycles. The van der Waals surface area contributed by atoms with E-state index < -0.39 is 0 Å². The predicted molar refractivity (Wildman–Crippen MR) is 121 cm³/mol. The van der Waals surface area contributed by atoms with Gasteiger partial charge in [0.15, 0.2) is 11.3 Å². The Morgan fingerprint density at radius 2 is 1.75 bits per heavy atom. The van der Waals surface area contributed by atoms with Crippen LogP contribution in [0.4, 0.5) is 4.39 Å². The first-order chi connectivity index (χ1) is 15.7. The summed E-state index contributed by atoms with van der Waals surface area (Å²) in [4.78, 5) is 27.6. The van der Waals surface area contributed by atoms with Gasteiger partial charge in [0.05, 0.1) is 23.9 Å². The molecular formula is C24H22FN5O2. The third kappa shape index (κ3) is 3.62. The minimum absolute atomic E-state index is 0.154. The molecular weight excluding hydrogens is 409 g/mol. The Bertz CT molecular complexity index is 1470. The Kier molecular flexibility index (Phi) is 5.36. The van der Waals surface area contributed by atoms with Crippen LogP contribution in [0.5, 0.6) is 0 Å². The Labute approximate surface area is 183 Å². The number of aromatic nitrogens is 5. The Morgan fingerprint density at radius 1 is 1.00 bits per heavy atom. The van der Waals surface area contributed by atoms with Gasteiger partial charge >= 0.3 is 0 Å². The first-order valence-corrected chi connectivity index (χ1v) is 10.6. The second-order valence-electron chi connectivity index (χ2n) is 7.59. The fraction of sp³-hybridized carbons (Fsp3) is 0.250. The number of hydrogen-bond donors (Lipinski definition) is 0. The molecule has 8 heteroatoms. The van der Waals surface area contributed by atoms with E-state index in [2.05, 4.69) is 4.98 Å². The number of nitrogens with zero attached hydrogens (tertiary/aromatic N) is 5.